The van der Waals surface area contributed by atoms with Crippen molar-refractivity contribution in [3.05, 3.63) is 28.8 Å². The molecule has 0 fully saturated rings. The largest absolute Gasteiger partial charge is 0.397 e. The van der Waals surface area contributed by atoms with Gasteiger partial charge < -0.3 is 20.8 Å². The maximum atomic E-state index is 11.6. The predicted molar refractivity (Wildman–Crippen MR) is 76.4 cm³/mol. The van der Waals surface area contributed by atoms with E-state index in [4.69, 9.17) is 10.5 Å². The summed E-state index contributed by atoms with van der Waals surface area (Å²) in [5, 5.41) is 3.70. The molecule has 0 spiro atoms. The molecular weight excluding hydrogens is 244 g/mol. The topological polar surface area (TPSA) is 93.0 Å². The zero-order valence-corrected chi connectivity index (χ0v) is 11.1. The van der Waals surface area contributed by atoms with Gasteiger partial charge in [-0.3, -0.25) is 4.79 Å². The Balaban J connectivity index is 2.24. The van der Waals surface area contributed by atoms with E-state index in [1.54, 1.807) is 12.1 Å². The molecule has 4 N–H and O–H groups in total. The Bertz CT molecular complexity index is 624. The molecule has 0 aliphatic rings. The molecule has 0 aliphatic carbocycles. The lowest BCUT2D eigenvalue weighted by molar-refractivity contribution is 0.0855. The second-order valence-electron chi connectivity index (χ2n) is 4.34. The summed E-state index contributed by atoms with van der Waals surface area (Å²) in [6.07, 6.45) is 1.47. The van der Waals surface area contributed by atoms with Crippen LogP contribution < -0.4 is 16.6 Å². The maximum absolute atomic E-state index is 11.6. The highest BCUT2D eigenvalue weighted by atomic mass is 16.5. The normalized spacial score (nSPS) is 12.5. The van der Waals surface area contributed by atoms with Crippen LogP contribution in [0, 0.1) is 0 Å². The van der Waals surface area contributed by atoms with Gasteiger partial charge in [0, 0.05) is 13.2 Å². The number of aromatic nitrogens is 2. The van der Waals surface area contributed by atoms with Gasteiger partial charge in [0.25, 0.3) is 5.56 Å². The number of aromatic amines is 1. The smallest absolute Gasteiger partial charge is 0.258 e. The van der Waals surface area contributed by atoms with Gasteiger partial charge >= 0.3 is 0 Å². The average molecular weight is 262 g/mol. The van der Waals surface area contributed by atoms with Crippen LogP contribution in [-0.2, 0) is 4.74 Å². The van der Waals surface area contributed by atoms with Crippen molar-refractivity contribution >= 4 is 22.3 Å². The van der Waals surface area contributed by atoms with Gasteiger partial charge in [-0.05, 0) is 26.0 Å². The van der Waals surface area contributed by atoms with Crippen LogP contribution in [-0.4, -0.2) is 29.2 Å². The van der Waals surface area contributed by atoms with Gasteiger partial charge in [-0.25, -0.2) is 4.98 Å². The molecule has 0 saturated carbocycles. The number of fused-ring (bicyclic) bond motifs is 1. The summed E-state index contributed by atoms with van der Waals surface area (Å²) in [5.41, 5.74) is 7.64. The predicted octanol–water partition coefficient (Wildman–Crippen LogP) is 1.34. The van der Waals surface area contributed by atoms with Gasteiger partial charge in [0.2, 0.25) is 0 Å². The molecule has 1 aromatic heterocycles. The summed E-state index contributed by atoms with van der Waals surface area (Å²) in [6.45, 7) is 5.26. The van der Waals surface area contributed by atoms with Crippen molar-refractivity contribution in [2.24, 2.45) is 0 Å². The number of hydrogen-bond acceptors (Lipinski definition) is 5. The van der Waals surface area contributed by atoms with Gasteiger partial charge in [0.15, 0.2) is 0 Å². The van der Waals surface area contributed by atoms with Crippen molar-refractivity contribution in [1.29, 1.82) is 0 Å². The van der Waals surface area contributed by atoms with E-state index < -0.39 is 0 Å². The van der Waals surface area contributed by atoms with Crippen LogP contribution in [0.3, 0.4) is 0 Å². The first kappa shape index (κ1) is 13.4. The number of nitrogens with zero attached hydrogens (tertiary/aromatic N) is 1. The van der Waals surface area contributed by atoms with Crippen LogP contribution in [0.15, 0.2) is 23.3 Å². The number of rotatable bonds is 5. The summed E-state index contributed by atoms with van der Waals surface area (Å²) < 4.78 is 5.44. The summed E-state index contributed by atoms with van der Waals surface area (Å²) in [5.74, 6) is 0. The molecule has 1 heterocycles. The van der Waals surface area contributed by atoms with E-state index in [0.29, 0.717) is 29.7 Å². The SMILES string of the molecule is CCOC(C)CNc1cc2nc[nH]c(=O)c2cc1N. The van der Waals surface area contributed by atoms with Crippen LogP contribution in [0.5, 0.6) is 0 Å². The molecule has 6 nitrogen and oxygen atoms in total. The molecule has 1 atom stereocenters. The number of nitrogens with two attached hydrogens (primary N) is 1. The van der Waals surface area contributed by atoms with Crippen LogP contribution in [0.1, 0.15) is 13.8 Å². The van der Waals surface area contributed by atoms with E-state index in [-0.39, 0.29) is 11.7 Å². The van der Waals surface area contributed by atoms with Gasteiger partial charge in [-0.15, -0.1) is 0 Å². The van der Waals surface area contributed by atoms with E-state index in [2.05, 4.69) is 15.3 Å². The second-order valence-corrected chi connectivity index (χ2v) is 4.34. The highest BCUT2D eigenvalue weighted by Gasteiger charge is 2.07. The molecular formula is C13H18N4O2. The quantitative estimate of drug-likeness (QED) is 0.707. The molecule has 1 unspecified atom stereocenters. The molecule has 0 aliphatic heterocycles. The molecule has 102 valence electrons. The zero-order valence-electron chi connectivity index (χ0n) is 11.1. The molecule has 1 aromatic carbocycles. The monoisotopic (exact) mass is 262 g/mol. The molecule has 19 heavy (non-hydrogen) atoms. The minimum absolute atomic E-state index is 0.0900. The second kappa shape index (κ2) is 5.71. The minimum atomic E-state index is -0.189. The number of hydrogen-bond donors (Lipinski definition) is 3. The Morgan fingerprint density at radius 2 is 2.32 bits per heavy atom. The Hall–Kier alpha value is -2.08. The first-order valence-electron chi connectivity index (χ1n) is 6.24. The molecule has 0 bridgehead atoms. The van der Waals surface area contributed by atoms with Gasteiger partial charge in [-0.2, -0.15) is 0 Å². The minimum Gasteiger partial charge on any atom is -0.397 e. The Morgan fingerprint density at radius 1 is 1.53 bits per heavy atom. The van der Waals surface area contributed by atoms with Crippen LogP contribution >= 0.6 is 0 Å². The fourth-order valence-corrected chi connectivity index (χ4v) is 1.88. The van der Waals surface area contributed by atoms with E-state index in [1.807, 2.05) is 13.8 Å². The third kappa shape index (κ3) is 3.03. The summed E-state index contributed by atoms with van der Waals surface area (Å²) in [7, 11) is 0. The fraction of sp³-hybridized carbons (Fsp3) is 0.385. The van der Waals surface area contributed by atoms with Crippen LogP contribution in [0.2, 0.25) is 0 Å². The Labute approximate surface area is 111 Å². The van der Waals surface area contributed by atoms with Crippen molar-refractivity contribution in [2.45, 2.75) is 20.0 Å². The van der Waals surface area contributed by atoms with Gasteiger partial charge in [0.05, 0.1) is 34.7 Å². The number of anilines is 2. The van der Waals surface area contributed by atoms with Crippen molar-refractivity contribution in [3.63, 3.8) is 0 Å². The van der Waals surface area contributed by atoms with Crippen molar-refractivity contribution < 1.29 is 4.74 Å². The van der Waals surface area contributed by atoms with Gasteiger partial charge in [0.1, 0.15) is 0 Å². The molecule has 0 saturated heterocycles. The number of nitrogens with one attached hydrogen (secondary N) is 2. The molecule has 2 aromatic rings. The third-order valence-electron chi connectivity index (χ3n) is 2.84. The van der Waals surface area contributed by atoms with Crippen molar-refractivity contribution in [3.8, 4) is 0 Å². The number of benzene rings is 1. The number of nitrogen functional groups attached to an aromatic ring is 1. The van der Waals surface area contributed by atoms with Crippen LogP contribution in [0.4, 0.5) is 11.4 Å². The molecule has 6 heteroatoms. The number of ether oxygens (including phenoxy) is 1. The summed E-state index contributed by atoms with van der Waals surface area (Å²) in [4.78, 5) is 18.3. The lowest BCUT2D eigenvalue weighted by Crippen LogP contribution is -2.20. The number of H-pyrrole nitrogens is 1. The summed E-state index contributed by atoms with van der Waals surface area (Å²) in [6, 6.07) is 3.41. The lowest BCUT2D eigenvalue weighted by atomic mass is 10.2. The third-order valence-corrected chi connectivity index (χ3v) is 2.84. The van der Waals surface area contributed by atoms with E-state index >= 15 is 0 Å². The molecule has 0 radical (unpaired) electrons. The Kier molecular flexibility index (Phi) is 4.01. The first-order chi connectivity index (χ1) is 9.11. The fourth-order valence-electron chi connectivity index (χ4n) is 1.88. The van der Waals surface area contributed by atoms with Crippen molar-refractivity contribution in [2.75, 3.05) is 24.2 Å². The standard InChI is InChI=1S/C13H18N4O2/c1-3-19-8(2)6-15-12-5-11-9(4-10(12)14)13(18)17-7-16-11/h4-5,7-8,15H,3,6,14H2,1-2H3,(H,16,17,18). The average Bonchev–Trinajstić information content (AvgIpc) is 2.38. The lowest BCUT2D eigenvalue weighted by Gasteiger charge is -2.15. The van der Waals surface area contributed by atoms with Gasteiger partial charge in [-0.1, -0.05) is 0 Å². The molecule has 0 amide bonds. The van der Waals surface area contributed by atoms with E-state index in [1.165, 1.54) is 6.33 Å². The zero-order chi connectivity index (χ0) is 13.8. The highest BCUT2D eigenvalue weighted by Crippen LogP contribution is 2.22. The van der Waals surface area contributed by atoms with Crippen LogP contribution in [0.25, 0.3) is 10.9 Å². The maximum Gasteiger partial charge on any atom is 0.258 e. The molecule has 2 rings (SSSR count). The first-order valence-corrected chi connectivity index (χ1v) is 6.24. The van der Waals surface area contributed by atoms with E-state index in [9.17, 15) is 4.79 Å². The summed E-state index contributed by atoms with van der Waals surface area (Å²) >= 11 is 0. The van der Waals surface area contributed by atoms with E-state index in [0.717, 1.165) is 5.69 Å². The Morgan fingerprint density at radius 3 is 3.05 bits per heavy atom. The highest BCUT2D eigenvalue weighted by molar-refractivity contribution is 5.88. The van der Waals surface area contributed by atoms with Crippen molar-refractivity contribution in [1.82, 2.24) is 9.97 Å².